The standard InChI is InChI=1S/C27H25ClFN7O4/c1-39-18-6-4-17(5-7-18)34-27(38)32-12-11-31-26(37)20-14-30-10-9-22(20)35-25-23(40-2)15-33-24(36-25)19-13-16(28)3-8-21(19)29/h3-10,13-15H,11-12H2,1-2H3,(H,31,37)(H2,32,34,38)(H,30,33,35,36). The predicted octanol–water partition coefficient (Wildman–Crippen LogP) is 4.64. The Balaban J connectivity index is 1.39. The van der Waals surface area contributed by atoms with Crippen LogP contribution in [0.15, 0.2) is 67.1 Å². The third-order valence-electron chi connectivity index (χ3n) is 5.51. The van der Waals surface area contributed by atoms with E-state index >= 15 is 0 Å². The monoisotopic (exact) mass is 565 g/mol. The number of aromatic nitrogens is 3. The quantitative estimate of drug-likeness (QED) is 0.204. The first-order chi connectivity index (χ1) is 19.4. The summed E-state index contributed by atoms with van der Waals surface area (Å²) in [6, 6.07) is 12.1. The molecule has 0 unspecified atom stereocenters. The summed E-state index contributed by atoms with van der Waals surface area (Å²) >= 11 is 6.02. The highest BCUT2D eigenvalue weighted by Crippen LogP contribution is 2.30. The van der Waals surface area contributed by atoms with E-state index in [-0.39, 0.29) is 41.6 Å². The van der Waals surface area contributed by atoms with Gasteiger partial charge in [-0.1, -0.05) is 11.6 Å². The van der Waals surface area contributed by atoms with Crippen molar-refractivity contribution in [3.8, 4) is 22.9 Å². The van der Waals surface area contributed by atoms with E-state index < -0.39 is 17.8 Å². The van der Waals surface area contributed by atoms with Crippen LogP contribution in [0.1, 0.15) is 10.4 Å². The molecule has 0 saturated heterocycles. The van der Waals surface area contributed by atoms with Crippen molar-refractivity contribution in [2.75, 3.05) is 37.9 Å². The summed E-state index contributed by atoms with van der Waals surface area (Å²) in [5, 5.41) is 11.5. The van der Waals surface area contributed by atoms with Gasteiger partial charge in [0.2, 0.25) is 0 Å². The smallest absolute Gasteiger partial charge is 0.319 e. The molecule has 2 aromatic heterocycles. The Kier molecular flexibility index (Phi) is 9.26. The third kappa shape index (κ3) is 7.11. The number of halogens is 2. The second kappa shape index (κ2) is 13.2. The first-order valence-electron chi connectivity index (χ1n) is 11.9. The first-order valence-corrected chi connectivity index (χ1v) is 12.3. The average Bonchev–Trinajstić information content (AvgIpc) is 2.97. The number of pyridine rings is 1. The van der Waals surface area contributed by atoms with E-state index in [2.05, 4.69) is 36.2 Å². The van der Waals surface area contributed by atoms with Crippen LogP contribution in [-0.2, 0) is 0 Å². The van der Waals surface area contributed by atoms with Gasteiger partial charge in [-0.2, -0.15) is 0 Å². The van der Waals surface area contributed by atoms with Crippen molar-refractivity contribution < 1.29 is 23.5 Å². The molecule has 3 amide bonds. The van der Waals surface area contributed by atoms with Crippen molar-refractivity contribution in [1.29, 1.82) is 0 Å². The highest BCUT2D eigenvalue weighted by Gasteiger charge is 2.17. The molecule has 0 fully saturated rings. The van der Waals surface area contributed by atoms with E-state index in [9.17, 15) is 14.0 Å². The van der Waals surface area contributed by atoms with E-state index in [4.69, 9.17) is 21.1 Å². The molecule has 0 aliphatic carbocycles. The van der Waals surface area contributed by atoms with Crippen molar-refractivity contribution >= 4 is 40.7 Å². The molecule has 0 bridgehead atoms. The van der Waals surface area contributed by atoms with Crippen molar-refractivity contribution in [2.45, 2.75) is 0 Å². The van der Waals surface area contributed by atoms with E-state index in [1.165, 1.54) is 43.9 Å². The van der Waals surface area contributed by atoms with E-state index in [1.807, 2.05) is 0 Å². The molecule has 0 spiro atoms. The molecule has 4 aromatic rings. The molecular formula is C27H25ClFN7O4. The fourth-order valence-corrected chi connectivity index (χ4v) is 3.69. The summed E-state index contributed by atoms with van der Waals surface area (Å²) in [7, 11) is 2.99. The number of methoxy groups -OCH3 is 2. The molecule has 11 nitrogen and oxygen atoms in total. The molecule has 206 valence electrons. The number of urea groups is 1. The van der Waals surface area contributed by atoms with Gasteiger partial charge in [-0.05, 0) is 48.5 Å². The zero-order valence-corrected chi connectivity index (χ0v) is 22.3. The Bertz CT molecular complexity index is 1500. The van der Waals surface area contributed by atoms with Crippen LogP contribution in [0.25, 0.3) is 11.4 Å². The van der Waals surface area contributed by atoms with Crippen LogP contribution in [0, 0.1) is 5.82 Å². The van der Waals surface area contributed by atoms with E-state index in [0.717, 1.165) is 0 Å². The number of nitrogens with zero attached hydrogens (tertiary/aromatic N) is 3. The lowest BCUT2D eigenvalue weighted by Gasteiger charge is -2.14. The first kappa shape index (κ1) is 28.0. The summed E-state index contributed by atoms with van der Waals surface area (Å²) in [4.78, 5) is 37.6. The van der Waals surface area contributed by atoms with Crippen LogP contribution in [0.3, 0.4) is 0 Å². The molecule has 2 aromatic carbocycles. The second-order valence-corrected chi connectivity index (χ2v) is 8.58. The Morgan fingerprint density at radius 2 is 1.75 bits per heavy atom. The molecule has 0 saturated carbocycles. The summed E-state index contributed by atoms with van der Waals surface area (Å²) in [6.07, 6.45) is 4.26. The summed E-state index contributed by atoms with van der Waals surface area (Å²) in [5.74, 6) is 0.220. The minimum Gasteiger partial charge on any atom is -0.497 e. The van der Waals surface area contributed by atoms with Gasteiger partial charge in [0.1, 0.15) is 11.6 Å². The number of carbonyl (C=O) groups is 2. The number of ether oxygens (including phenoxy) is 2. The normalized spacial score (nSPS) is 10.4. The molecule has 0 atom stereocenters. The largest absolute Gasteiger partial charge is 0.497 e. The van der Waals surface area contributed by atoms with Gasteiger partial charge in [0.25, 0.3) is 5.91 Å². The SMILES string of the molecule is COc1ccc(NC(=O)NCCNC(=O)c2cnccc2Nc2nc(-c3cc(Cl)ccc3F)ncc2OC)cc1. The highest BCUT2D eigenvalue weighted by atomic mass is 35.5. The summed E-state index contributed by atoms with van der Waals surface area (Å²) < 4.78 is 24.8. The van der Waals surface area contributed by atoms with Gasteiger partial charge < -0.3 is 30.7 Å². The number of hydrogen-bond donors (Lipinski definition) is 4. The molecule has 13 heteroatoms. The molecule has 0 radical (unpaired) electrons. The molecule has 4 rings (SSSR count). The molecule has 0 aliphatic rings. The van der Waals surface area contributed by atoms with Gasteiger partial charge in [-0.15, -0.1) is 0 Å². The van der Waals surface area contributed by atoms with Gasteiger partial charge in [0.15, 0.2) is 17.4 Å². The van der Waals surface area contributed by atoms with Crippen LogP contribution in [0.5, 0.6) is 11.5 Å². The molecule has 40 heavy (non-hydrogen) atoms. The fraction of sp³-hybridized carbons (Fsp3) is 0.148. The van der Waals surface area contributed by atoms with Crippen molar-refractivity contribution in [1.82, 2.24) is 25.6 Å². The number of carbonyl (C=O) groups excluding carboxylic acids is 2. The minimum atomic E-state index is -0.546. The van der Waals surface area contributed by atoms with Crippen LogP contribution >= 0.6 is 11.6 Å². The fourth-order valence-electron chi connectivity index (χ4n) is 3.52. The van der Waals surface area contributed by atoms with Gasteiger partial charge in [0, 0.05) is 36.2 Å². The summed E-state index contributed by atoms with van der Waals surface area (Å²) in [6.45, 7) is 0.323. The maximum atomic E-state index is 14.4. The average molecular weight is 566 g/mol. The van der Waals surface area contributed by atoms with Crippen LogP contribution in [0.2, 0.25) is 5.02 Å². The van der Waals surface area contributed by atoms with Crippen molar-refractivity contribution in [3.63, 3.8) is 0 Å². The van der Waals surface area contributed by atoms with Crippen LogP contribution in [0.4, 0.5) is 26.4 Å². The third-order valence-corrected chi connectivity index (χ3v) is 5.74. The lowest BCUT2D eigenvalue weighted by molar-refractivity contribution is 0.0954. The van der Waals surface area contributed by atoms with Gasteiger partial charge in [-0.3, -0.25) is 9.78 Å². The molecule has 2 heterocycles. The minimum absolute atomic E-state index is 0.0716. The number of hydrogen-bond acceptors (Lipinski definition) is 8. The zero-order valence-electron chi connectivity index (χ0n) is 21.5. The van der Waals surface area contributed by atoms with E-state index in [0.29, 0.717) is 22.1 Å². The Morgan fingerprint density at radius 1 is 0.975 bits per heavy atom. The lowest BCUT2D eigenvalue weighted by atomic mass is 10.2. The summed E-state index contributed by atoms with van der Waals surface area (Å²) in [5.41, 5.74) is 1.28. The van der Waals surface area contributed by atoms with Gasteiger partial charge in [-0.25, -0.2) is 19.2 Å². The van der Waals surface area contributed by atoms with Gasteiger partial charge in [0.05, 0.1) is 37.2 Å². The maximum Gasteiger partial charge on any atom is 0.319 e. The Morgan fingerprint density at radius 3 is 2.50 bits per heavy atom. The van der Waals surface area contributed by atoms with E-state index in [1.54, 1.807) is 37.4 Å². The van der Waals surface area contributed by atoms with Crippen LogP contribution < -0.4 is 30.7 Å². The topological polar surface area (TPSA) is 139 Å². The predicted molar refractivity (Wildman–Crippen MR) is 149 cm³/mol. The van der Waals surface area contributed by atoms with Crippen LogP contribution in [-0.4, -0.2) is 54.2 Å². The van der Waals surface area contributed by atoms with Crippen molar-refractivity contribution in [2.24, 2.45) is 0 Å². The second-order valence-electron chi connectivity index (χ2n) is 8.15. The highest BCUT2D eigenvalue weighted by molar-refractivity contribution is 6.30. The molecule has 0 aliphatic heterocycles. The number of rotatable bonds is 10. The zero-order chi connectivity index (χ0) is 28.5. The molecule has 4 N–H and O–H groups in total. The number of benzene rings is 2. The molecular weight excluding hydrogens is 541 g/mol. The Hall–Kier alpha value is -4.97. The number of anilines is 3. The lowest BCUT2D eigenvalue weighted by Crippen LogP contribution is -2.37. The number of nitrogens with one attached hydrogen (secondary N) is 4. The van der Waals surface area contributed by atoms with Gasteiger partial charge >= 0.3 is 6.03 Å². The Labute approximate surface area is 234 Å². The van der Waals surface area contributed by atoms with Crippen molar-refractivity contribution in [3.05, 3.63) is 83.5 Å². The number of amides is 3. The maximum absolute atomic E-state index is 14.4.